The Hall–Kier alpha value is -2.83. The maximum Gasteiger partial charge on any atom is 0.205 e. The van der Waals surface area contributed by atoms with Gasteiger partial charge < -0.3 is 33.6 Å². The van der Waals surface area contributed by atoms with Crippen LogP contribution in [0.1, 0.15) is 49.5 Å². The molecule has 0 unspecified atom stereocenters. The molecule has 2 N–H and O–H groups in total. The van der Waals surface area contributed by atoms with Gasteiger partial charge in [0.25, 0.3) is 0 Å². The van der Waals surface area contributed by atoms with Crippen molar-refractivity contribution in [1.82, 2.24) is 5.48 Å². The molecule has 2 aromatic rings. The summed E-state index contributed by atoms with van der Waals surface area (Å²) in [6.45, 7) is 2.64. The fraction of sp³-hybridized carbons (Fsp3) is 0.481. The highest BCUT2D eigenvalue weighted by molar-refractivity contribution is 7.91. The van der Waals surface area contributed by atoms with Crippen molar-refractivity contribution in [2.75, 3.05) is 47.0 Å². The third kappa shape index (κ3) is 7.39. The number of hydrogen-bond donors (Lipinski definition) is 2. The summed E-state index contributed by atoms with van der Waals surface area (Å²) in [6, 6.07) is 8.77. The van der Waals surface area contributed by atoms with E-state index in [1.54, 1.807) is 51.7 Å². The summed E-state index contributed by atoms with van der Waals surface area (Å²) in [5.41, 5.74) is 3.73. The molecule has 1 saturated heterocycles. The molecule has 1 heterocycles. The lowest BCUT2D eigenvalue weighted by molar-refractivity contribution is 0.0436. The molecular formula is C27H37NO9S. The highest BCUT2D eigenvalue weighted by atomic mass is 32.2. The quantitative estimate of drug-likeness (QED) is 0.187. The van der Waals surface area contributed by atoms with Crippen molar-refractivity contribution in [2.24, 2.45) is 0 Å². The molecule has 11 heteroatoms. The number of rotatable bonds is 15. The van der Waals surface area contributed by atoms with Gasteiger partial charge in [-0.1, -0.05) is 25.1 Å². The van der Waals surface area contributed by atoms with Gasteiger partial charge >= 0.3 is 0 Å². The lowest BCUT2D eigenvalue weighted by atomic mass is 10.0. The van der Waals surface area contributed by atoms with Crippen LogP contribution in [0.25, 0.3) is 0 Å². The lowest BCUT2D eigenvalue weighted by Crippen LogP contribution is -2.13. The molecule has 210 valence electrons. The summed E-state index contributed by atoms with van der Waals surface area (Å²) >= 11 is 0. The Labute approximate surface area is 224 Å². The highest BCUT2D eigenvalue weighted by Gasteiger charge is 2.31. The fourth-order valence-corrected chi connectivity index (χ4v) is 5.39. The van der Waals surface area contributed by atoms with Gasteiger partial charge in [0, 0.05) is 13.2 Å². The first-order chi connectivity index (χ1) is 18.4. The Bertz CT molecular complexity index is 1160. The number of hydrogen-bond acceptors (Lipinski definition) is 10. The summed E-state index contributed by atoms with van der Waals surface area (Å²) in [6.07, 6.45) is 5.09. The predicted molar refractivity (Wildman–Crippen MR) is 141 cm³/mol. The van der Waals surface area contributed by atoms with Crippen molar-refractivity contribution < 1.29 is 42.0 Å². The normalized spacial score (nSPS) is 17.6. The Morgan fingerprint density at radius 2 is 1.63 bits per heavy atom. The zero-order chi connectivity index (χ0) is 27.5. The van der Waals surface area contributed by atoms with E-state index in [4.69, 9.17) is 33.6 Å². The van der Waals surface area contributed by atoms with Crippen LogP contribution in [-0.2, 0) is 19.3 Å². The van der Waals surface area contributed by atoms with Gasteiger partial charge in [0.05, 0.1) is 33.5 Å². The van der Waals surface area contributed by atoms with Crippen molar-refractivity contribution in [3.05, 3.63) is 53.6 Å². The number of hydroxylamine groups is 1. The van der Waals surface area contributed by atoms with Gasteiger partial charge in [0.1, 0.15) is 17.3 Å². The van der Waals surface area contributed by atoms with Gasteiger partial charge in [0.15, 0.2) is 17.4 Å². The van der Waals surface area contributed by atoms with Crippen LogP contribution in [-0.4, -0.2) is 60.7 Å². The highest BCUT2D eigenvalue weighted by Crippen LogP contribution is 2.46. The van der Waals surface area contributed by atoms with Crippen molar-refractivity contribution in [3.63, 3.8) is 0 Å². The molecule has 0 aliphatic carbocycles. The van der Waals surface area contributed by atoms with Crippen molar-refractivity contribution in [1.29, 1.82) is 0 Å². The third-order valence-electron chi connectivity index (χ3n) is 6.05. The second-order valence-electron chi connectivity index (χ2n) is 8.64. The zero-order valence-corrected chi connectivity index (χ0v) is 23.1. The Kier molecular flexibility index (Phi) is 11.2. The summed E-state index contributed by atoms with van der Waals surface area (Å²) < 4.78 is 59.9. The molecule has 10 nitrogen and oxygen atoms in total. The minimum absolute atomic E-state index is 0.0604. The van der Waals surface area contributed by atoms with Crippen LogP contribution in [0.4, 0.5) is 0 Å². The number of ether oxygens (including phenoxy) is 6. The summed E-state index contributed by atoms with van der Waals surface area (Å²) in [7, 11) is 0.963. The van der Waals surface area contributed by atoms with E-state index in [0.717, 1.165) is 24.0 Å². The Morgan fingerprint density at radius 1 is 0.974 bits per heavy atom. The lowest BCUT2D eigenvalue weighted by Gasteiger charge is -2.19. The largest absolute Gasteiger partial charge is 0.493 e. The average molecular weight is 552 g/mol. The van der Waals surface area contributed by atoms with E-state index in [2.05, 4.69) is 0 Å². The van der Waals surface area contributed by atoms with Gasteiger partial charge in [-0.3, -0.25) is 0 Å². The molecule has 0 bridgehead atoms. The van der Waals surface area contributed by atoms with Crippen LogP contribution in [0, 0.1) is 0 Å². The van der Waals surface area contributed by atoms with Crippen molar-refractivity contribution >= 4 is 9.84 Å². The van der Waals surface area contributed by atoms with Gasteiger partial charge in [0.2, 0.25) is 15.6 Å². The summed E-state index contributed by atoms with van der Waals surface area (Å²) in [4.78, 5) is 0.0604. The number of sulfone groups is 1. The molecule has 0 spiro atoms. The van der Waals surface area contributed by atoms with Crippen LogP contribution in [0.3, 0.4) is 0 Å². The molecule has 0 amide bonds. The van der Waals surface area contributed by atoms with Crippen LogP contribution >= 0.6 is 0 Å². The SMILES string of the molecule is CCCOCS(=O)(=O)c1ccc([C@@H]2CC[C@@H](c3cc(OC)c(OC)c(OC)c3)O2)cc1OCC=CCNO. The first kappa shape index (κ1) is 29.7. The average Bonchev–Trinajstić information content (AvgIpc) is 3.42. The molecule has 1 aliphatic heterocycles. The predicted octanol–water partition coefficient (Wildman–Crippen LogP) is 4.38. The van der Waals surface area contributed by atoms with Gasteiger partial charge in [-0.15, -0.1) is 0 Å². The first-order valence-corrected chi connectivity index (χ1v) is 14.1. The first-order valence-electron chi connectivity index (χ1n) is 12.4. The monoisotopic (exact) mass is 551 g/mol. The number of benzene rings is 2. The van der Waals surface area contributed by atoms with Crippen LogP contribution in [0.15, 0.2) is 47.4 Å². The maximum atomic E-state index is 13.0. The van der Waals surface area contributed by atoms with E-state index in [9.17, 15) is 8.42 Å². The summed E-state index contributed by atoms with van der Waals surface area (Å²) in [5.74, 6) is 1.41. The number of nitrogens with one attached hydrogen (secondary N) is 1. The minimum atomic E-state index is -3.73. The topological polar surface area (TPSA) is 122 Å². The van der Waals surface area contributed by atoms with Gasteiger partial charge in [-0.25, -0.2) is 13.9 Å². The molecular weight excluding hydrogens is 514 g/mol. The van der Waals surface area contributed by atoms with Crippen molar-refractivity contribution in [2.45, 2.75) is 43.3 Å². The Balaban J connectivity index is 1.85. The van der Waals surface area contributed by atoms with E-state index in [-0.39, 0.29) is 36.0 Å². The van der Waals surface area contributed by atoms with Gasteiger partial charge in [-0.2, -0.15) is 0 Å². The molecule has 1 aliphatic rings. The van der Waals surface area contributed by atoms with E-state index in [1.807, 2.05) is 24.5 Å². The van der Waals surface area contributed by atoms with E-state index in [0.29, 0.717) is 30.3 Å². The van der Waals surface area contributed by atoms with E-state index < -0.39 is 15.8 Å². The summed E-state index contributed by atoms with van der Waals surface area (Å²) in [5, 5.41) is 8.71. The molecule has 0 radical (unpaired) electrons. The van der Waals surface area contributed by atoms with Crippen molar-refractivity contribution in [3.8, 4) is 23.0 Å². The molecule has 1 fully saturated rings. The van der Waals surface area contributed by atoms with Crippen LogP contribution in [0.5, 0.6) is 23.0 Å². The molecule has 2 aromatic carbocycles. The van der Waals surface area contributed by atoms with Crippen LogP contribution < -0.4 is 24.4 Å². The second-order valence-corrected chi connectivity index (χ2v) is 10.5. The fourth-order valence-electron chi connectivity index (χ4n) is 4.23. The smallest absolute Gasteiger partial charge is 0.205 e. The van der Waals surface area contributed by atoms with Crippen LogP contribution in [0.2, 0.25) is 0 Å². The third-order valence-corrected chi connectivity index (χ3v) is 7.54. The number of methoxy groups -OCH3 is 3. The van der Waals surface area contributed by atoms with Gasteiger partial charge in [-0.05, 0) is 54.7 Å². The molecule has 3 rings (SSSR count). The zero-order valence-electron chi connectivity index (χ0n) is 22.3. The molecule has 38 heavy (non-hydrogen) atoms. The molecule has 2 atom stereocenters. The van der Waals surface area contributed by atoms with E-state index in [1.165, 1.54) is 0 Å². The molecule has 0 saturated carbocycles. The molecule has 0 aromatic heterocycles. The second kappa shape index (κ2) is 14.4. The standard InChI is InChI=1S/C27H37NO9S/c1-5-13-35-18-38(30,31)26-11-8-19(15-23(26)36-14-7-6-12-28-29)21-9-10-22(37-21)20-16-24(32-2)27(34-4)25(17-20)33-3/h6-8,11,15-17,21-22,28-29H,5,9-10,12-14,18H2,1-4H3/t21-,22-/m0/s1. The minimum Gasteiger partial charge on any atom is -0.493 e. The Morgan fingerprint density at radius 3 is 2.24 bits per heavy atom. The maximum absolute atomic E-state index is 13.0. The van der Waals surface area contributed by atoms with E-state index >= 15 is 0 Å².